The summed E-state index contributed by atoms with van der Waals surface area (Å²) in [5, 5.41) is 7.27. The van der Waals surface area contributed by atoms with Crippen LogP contribution in [0.2, 0.25) is 0 Å². The standard InChI is InChI=1S/C19H19N3O2/c1-13-5-4-6-15(9-13)24-16-10-14(11-16)21-19(23)17-12-20-22-8-3-2-7-18(17)22/h2-9,12,14,16H,10-11H2,1H3,(H,21,23)/t14-,16-. The number of nitrogens with zero attached hydrogens (tertiary/aromatic N) is 2. The third-order valence-electron chi connectivity index (χ3n) is 4.39. The minimum atomic E-state index is -0.0739. The molecule has 1 fully saturated rings. The van der Waals surface area contributed by atoms with E-state index in [4.69, 9.17) is 4.74 Å². The lowest BCUT2D eigenvalue weighted by molar-refractivity contribution is 0.0702. The Morgan fingerprint density at radius 3 is 2.96 bits per heavy atom. The zero-order chi connectivity index (χ0) is 16.5. The Morgan fingerprint density at radius 1 is 1.25 bits per heavy atom. The zero-order valence-electron chi connectivity index (χ0n) is 13.5. The maximum absolute atomic E-state index is 12.4. The van der Waals surface area contributed by atoms with Crippen LogP contribution in [0.15, 0.2) is 54.9 Å². The van der Waals surface area contributed by atoms with Crippen molar-refractivity contribution < 1.29 is 9.53 Å². The van der Waals surface area contributed by atoms with Crippen molar-refractivity contribution in [1.29, 1.82) is 0 Å². The van der Waals surface area contributed by atoms with Crippen molar-refractivity contribution in [2.24, 2.45) is 0 Å². The van der Waals surface area contributed by atoms with Crippen LogP contribution in [0.3, 0.4) is 0 Å². The first-order chi connectivity index (χ1) is 11.7. The van der Waals surface area contributed by atoms with Crippen LogP contribution < -0.4 is 10.1 Å². The molecule has 0 atom stereocenters. The van der Waals surface area contributed by atoms with Crippen molar-refractivity contribution in [2.75, 3.05) is 0 Å². The molecule has 0 unspecified atom stereocenters. The molecule has 1 aliphatic carbocycles. The molecule has 1 saturated carbocycles. The second-order valence-electron chi connectivity index (χ2n) is 6.29. The van der Waals surface area contributed by atoms with Crippen LogP contribution in [0.25, 0.3) is 5.52 Å². The highest BCUT2D eigenvalue weighted by atomic mass is 16.5. The Kier molecular flexibility index (Phi) is 3.69. The van der Waals surface area contributed by atoms with Gasteiger partial charge in [-0.2, -0.15) is 5.10 Å². The molecule has 0 bridgehead atoms. The first kappa shape index (κ1) is 14.8. The van der Waals surface area contributed by atoms with Crippen molar-refractivity contribution in [1.82, 2.24) is 14.9 Å². The van der Waals surface area contributed by atoms with Gasteiger partial charge in [-0.1, -0.05) is 18.2 Å². The second-order valence-corrected chi connectivity index (χ2v) is 6.29. The molecule has 5 heteroatoms. The Morgan fingerprint density at radius 2 is 2.12 bits per heavy atom. The predicted octanol–water partition coefficient (Wildman–Crippen LogP) is 2.98. The fraction of sp³-hybridized carbons (Fsp3) is 0.263. The highest BCUT2D eigenvalue weighted by molar-refractivity contribution is 6.00. The number of amides is 1. The summed E-state index contributed by atoms with van der Waals surface area (Å²) in [7, 11) is 0. The van der Waals surface area contributed by atoms with E-state index in [-0.39, 0.29) is 18.1 Å². The van der Waals surface area contributed by atoms with Gasteiger partial charge in [0, 0.05) is 25.1 Å². The van der Waals surface area contributed by atoms with E-state index in [1.54, 1.807) is 10.7 Å². The third kappa shape index (κ3) is 2.85. The van der Waals surface area contributed by atoms with Crippen LogP contribution in [-0.2, 0) is 0 Å². The maximum atomic E-state index is 12.4. The summed E-state index contributed by atoms with van der Waals surface area (Å²) in [6, 6.07) is 13.9. The number of hydrogen-bond donors (Lipinski definition) is 1. The van der Waals surface area contributed by atoms with Crippen LogP contribution in [0.5, 0.6) is 5.75 Å². The normalized spacial score (nSPS) is 19.7. The molecule has 0 aliphatic heterocycles. The number of hydrogen-bond acceptors (Lipinski definition) is 3. The third-order valence-corrected chi connectivity index (χ3v) is 4.39. The number of carbonyl (C=O) groups excluding carboxylic acids is 1. The summed E-state index contributed by atoms with van der Waals surface area (Å²) in [4.78, 5) is 12.4. The van der Waals surface area contributed by atoms with Crippen molar-refractivity contribution in [2.45, 2.75) is 31.9 Å². The van der Waals surface area contributed by atoms with Crippen molar-refractivity contribution in [3.63, 3.8) is 0 Å². The molecule has 4 rings (SSSR count). The van der Waals surface area contributed by atoms with Gasteiger partial charge in [-0.3, -0.25) is 4.79 Å². The molecule has 0 saturated heterocycles. The van der Waals surface area contributed by atoms with Gasteiger partial charge in [0.15, 0.2) is 0 Å². The summed E-state index contributed by atoms with van der Waals surface area (Å²) < 4.78 is 7.64. The molecule has 2 aromatic heterocycles. The summed E-state index contributed by atoms with van der Waals surface area (Å²) in [5.74, 6) is 0.822. The van der Waals surface area contributed by atoms with Gasteiger partial charge >= 0.3 is 0 Å². The largest absolute Gasteiger partial charge is 0.490 e. The molecule has 1 aromatic carbocycles. The van der Waals surface area contributed by atoms with Crippen LogP contribution >= 0.6 is 0 Å². The lowest BCUT2D eigenvalue weighted by Gasteiger charge is -2.35. The molecule has 0 radical (unpaired) electrons. The second kappa shape index (κ2) is 6.00. The molecule has 1 N–H and O–H groups in total. The van der Waals surface area contributed by atoms with E-state index in [1.807, 2.05) is 55.6 Å². The molecule has 1 amide bonds. The van der Waals surface area contributed by atoms with Crippen LogP contribution in [0.4, 0.5) is 0 Å². The number of nitrogens with one attached hydrogen (secondary N) is 1. The van der Waals surface area contributed by atoms with Gasteiger partial charge in [0.1, 0.15) is 11.9 Å². The predicted molar refractivity (Wildman–Crippen MR) is 91.3 cm³/mol. The number of fused-ring (bicyclic) bond motifs is 1. The lowest BCUT2D eigenvalue weighted by atomic mass is 9.89. The molecular weight excluding hydrogens is 302 g/mol. The van der Waals surface area contributed by atoms with Crippen LogP contribution in [-0.4, -0.2) is 27.7 Å². The minimum Gasteiger partial charge on any atom is -0.490 e. The molecule has 3 aromatic rings. The van der Waals surface area contributed by atoms with Gasteiger partial charge in [-0.05, 0) is 36.8 Å². The molecule has 0 spiro atoms. The smallest absolute Gasteiger partial charge is 0.255 e. The van der Waals surface area contributed by atoms with E-state index in [1.165, 1.54) is 5.56 Å². The number of aromatic nitrogens is 2. The number of aryl methyl sites for hydroxylation is 1. The molecule has 5 nitrogen and oxygen atoms in total. The van der Waals surface area contributed by atoms with Crippen molar-refractivity contribution in [3.05, 3.63) is 66.0 Å². The number of pyridine rings is 1. The molecule has 2 heterocycles. The van der Waals surface area contributed by atoms with Gasteiger partial charge in [-0.15, -0.1) is 0 Å². The molecular formula is C19H19N3O2. The SMILES string of the molecule is Cc1cccc(O[C@H]2C[C@H](NC(=O)c3cnn4ccccc34)C2)c1. The first-order valence-electron chi connectivity index (χ1n) is 8.15. The minimum absolute atomic E-state index is 0.0739. The van der Waals surface area contributed by atoms with E-state index in [0.717, 1.165) is 24.1 Å². The first-order valence-corrected chi connectivity index (χ1v) is 8.15. The number of ether oxygens (including phenoxy) is 1. The summed E-state index contributed by atoms with van der Waals surface area (Å²) >= 11 is 0. The quantitative estimate of drug-likeness (QED) is 0.804. The fourth-order valence-corrected chi connectivity index (χ4v) is 3.03. The average Bonchev–Trinajstić information content (AvgIpc) is 2.97. The van der Waals surface area contributed by atoms with Crippen molar-refractivity contribution >= 4 is 11.4 Å². The highest BCUT2D eigenvalue weighted by Gasteiger charge is 2.32. The van der Waals surface area contributed by atoms with E-state index in [2.05, 4.69) is 10.4 Å². The fourth-order valence-electron chi connectivity index (χ4n) is 3.03. The summed E-state index contributed by atoms with van der Waals surface area (Å²) in [6.07, 6.45) is 5.28. The van der Waals surface area contributed by atoms with Crippen LogP contribution in [0.1, 0.15) is 28.8 Å². The Hall–Kier alpha value is -2.82. The van der Waals surface area contributed by atoms with E-state index >= 15 is 0 Å². The monoisotopic (exact) mass is 321 g/mol. The summed E-state index contributed by atoms with van der Waals surface area (Å²) in [6.45, 7) is 2.05. The highest BCUT2D eigenvalue weighted by Crippen LogP contribution is 2.27. The van der Waals surface area contributed by atoms with Gasteiger partial charge in [0.05, 0.1) is 17.3 Å². The number of benzene rings is 1. The van der Waals surface area contributed by atoms with Crippen LogP contribution in [0, 0.1) is 6.92 Å². The Bertz CT molecular complexity index is 881. The van der Waals surface area contributed by atoms with E-state index in [0.29, 0.717) is 5.56 Å². The number of rotatable bonds is 4. The molecule has 24 heavy (non-hydrogen) atoms. The van der Waals surface area contributed by atoms with E-state index in [9.17, 15) is 4.79 Å². The number of carbonyl (C=O) groups is 1. The maximum Gasteiger partial charge on any atom is 0.255 e. The van der Waals surface area contributed by atoms with Gasteiger partial charge in [0.2, 0.25) is 0 Å². The van der Waals surface area contributed by atoms with Gasteiger partial charge < -0.3 is 10.1 Å². The van der Waals surface area contributed by atoms with E-state index < -0.39 is 0 Å². The van der Waals surface area contributed by atoms with Gasteiger partial charge in [-0.25, -0.2) is 4.52 Å². The topological polar surface area (TPSA) is 55.6 Å². The Balaban J connectivity index is 1.34. The van der Waals surface area contributed by atoms with Gasteiger partial charge in [0.25, 0.3) is 5.91 Å². The molecule has 122 valence electrons. The lowest BCUT2D eigenvalue weighted by Crippen LogP contribution is -2.48. The Labute approximate surface area is 140 Å². The molecule has 1 aliphatic rings. The van der Waals surface area contributed by atoms with Crippen molar-refractivity contribution in [3.8, 4) is 5.75 Å². The zero-order valence-corrected chi connectivity index (χ0v) is 13.5. The average molecular weight is 321 g/mol. The summed E-state index contributed by atoms with van der Waals surface area (Å²) in [5.41, 5.74) is 2.62.